The maximum absolute atomic E-state index is 13.9. The first kappa shape index (κ1) is 30.5. The molecular weight excluding hydrogens is 558 g/mol. The summed E-state index contributed by atoms with van der Waals surface area (Å²) in [5.41, 5.74) is 4.60. The number of nitrogens with one attached hydrogen (secondary N) is 3. The molecule has 226 valence electrons. The average Bonchev–Trinajstić information content (AvgIpc) is 3.39. The van der Waals surface area contributed by atoms with Crippen LogP contribution >= 0.6 is 0 Å². The minimum atomic E-state index is -3.54. The molecule has 3 aromatic carbocycles. The van der Waals surface area contributed by atoms with Gasteiger partial charge in [-0.3, -0.25) is 5.32 Å². The van der Waals surface area contributed by atoms with Gasteiger partial charge in [0.05, 0.1) is 22.4 Å². The first-order chi connectivity index (χ1) is 20.5. The molecule has 1 fully saturated rings. The Morgan fingerprint density at radius 1 is 0.953 bits per heavy atom. The van der Waals surface area contributed by atoms with E-state index in [4.69, 9.17) is 5.10 Å². The first-order valence-electron chi connectivity index (χ1n) is 14.8. The third kappa shape index (κ3) is 7.53. The summed E-state index contributed by atoms with van der Waals surface area (Å²) in [5.74, 6) is 0.499. The highest BCUT2D eigenvalue weighted by atomic mass is 32.2. The Morgan fingerprint density at radius 2 is 1.65 bits per heavy atom. The van der Waals surface area contributed by atoms with Crippen LogP contribution in [0.3, 0.4) is 0 Å². The molecule has 0 spiro atoms. The number of amides is 2. The van der Waals surface area contributed by atoms with Crippen molar-refractivity contribution in [3.05, 3.63) is 107 Å². The number of piperidine rings is 1. The zero-order valence-corrected chi connectivity index (χ0v) is 26.1. The maximum atomic E-state index is 13.9. The molecule has 43 heavy (non-hydrogen) atoms. The Balaban J connectivity index is 1.40. The van der Waals surface area contributed by atoms with Crippen LogP contribution in [0.2, 0.25) is 0 Å². The summed E-state index contributed by atoms with van der Waals surface area (Å²) in [5, 5.41) is 13.4. The average molecular weight is 600 g/mol. The molecule has 2 heterocycles. The number of benzene rings is 3. The Labute approximate surface area is 254 Å². The van der Waals surface area contributed by atoms with Crippen molar-refractivity contribution < 1.29 is 13.2 Å². The number of hydrogen-bond donors (Lipinski definition) is 3. The molecular formula is C34H41N5O3S. The normalized spacial score (nSPS) is 15.2. The summed E-state index contributed by atoms with van der Waals surface area (Å²) in [7, 11) is -3.54. The van der Waals surface area contributed by atoms with Gasteiger partial charge >= 0.3 is 6.03 Å². The molecule has 1 atom stereocenters. The van der Waals surface area contributed by atoms with Crippen molar-refractivity contribution >= 4 is 27.4 Å². The summed E-state index contributed by atoms with van der Waals surface area (Å²) >= 11 is 0. The summed E-state index contributed by atoms with van der Waals surface area (Å²) in [6, 6.07) is 26.0. The number of aryl methyl sites for hydroxylation is 1. The minimum Gasteiger partial charge on any atom is -0.317 e. The molecule has 1 aromatic heterocycles. The third-order valence-corrected chi connectivity index (χ3v) is 10.0. The molecule has 8 nitrogen and oxygen atoms in total. The number of carbonyl (C=O) groups excluding carboxylic acids is 1. The van der Waals surface area contributed by atoms with Gasteiger partial charge in [-0.25, -0.2) is 17.9 Å². The molecule has 1 aliphatic rings. The molecule has 1 saturated heterocycles. The number of nitrogens with zero attached hydrogens (tertiary/aromatic N) is 2. The lowest BCUT2D eigenvalue weighted by atomic mass is 9.90. The fraction of sp³-hybridized carbons (Fsp3) is 0.353. The first-order valence-corrected chi connectivity index (χ1v) is 16.5. The second-order valence-electron chi connectivity index (χ2n) is 12.4. The Morgan fingerprint density at radius 3 is 2.33 bits per heavy atom. The predicted octanol–water partition coefficient (Wildman–Crippen LogP) is 6.78. The largest absolute Gasteiger partial charge is 0.324 e. The van der Waals surface area contributed by atoms with Crippen molar-refractivity contribution in [3.63, 3.8) is 0 Å². The number of sulfone groups is 1. The van der Waals surface area contributed by atoms with Crippen LogP contribution in [0.4, 0.5) is 16.3 Å². The van der Waals surface area contributed by atoms with Gasteiger partial charge < -0.3 is 10.6 Å². The zero-order chi connectivity index (χ0) is 30.6. The van der Waals surface area contributed by atoms with Gasteiger partial charge in [-0.2, -0.15) is 5.10 Å². The highest BCUT2D eigenvalue weighted by Gasteiger charge is 2.36. The lowest BCUT2D eigenvalue weighted by molar-refractivity contribution is 0.262. The third-order valence-electron chi connectivity index (χ3n) is 7.88. The molecule has 1 unspecified atom stereocenters. The number of rotatable bonds is 8. The number of aromatic nitrogens is 2. The van der Waals surface area contributed by atoms with Crippen molar-refractivity contribution in [2.45, 2.75) is 57.0 Å². The second-order valence-corrected chi connectivity index (χ2v) is 14.5. The smallest absolute Gasteiger partial charge is 0.317 e. The number of urea groups is 1. The van der Waals surface area contributed by atoms with E-state index in [0.29, 0.717) is 17.1 Å². The van der Waals surface area contributed by atoms with Gasteiger partial charge in [-0.05, 0) is 74.2 Å². The van der Waals surface area contributed by atoms with Crippen molar-refractivity contribution in [1.29, 1.82) is 0 Å². The molecule has 3 N–H and O–H groups in total. The summed E-state index contributed by atoms with van der Waals surface area (Å²) in [6.45, 7) is 9.83. The van der Waals surface area contributed by atoms with Crippen LogP contribution in [0.1, 0.15) is 61.2 Å². The number of anilines is 2. The van der Waals surface area contributed by atoms with Crippen molar-refractivity contribution in [3.8, 4) is 5.69 Å². The van der Waals surface area contributed by atoms with E-state index in [1.54, 1.807) is 16.8 Å². The summed E-state index contributed by atoms with van der Waals surface area (Å²) in [6.07, 6.45) is 1.55. The molecule has 9 heteroatoms. The molecule has 0 radical (unpaired) electrons. The lowest BCUT2D eigenvalue weighted by Gasteiger charge is -2.31. The number of hydrogen-bond acceptors (Lipinski definition) is 5. The van der Waals surface area contributed by atoms with Gasteiger partial charge in [0.15, 0.2) is 9.84 Å². The summed E-state index contributed by atoms with van der Waals surface area (Å²) in [4.78, 5) is 13.3. The van der Waals surface area contributed by atoms with Crippen LogP contribution in [0, 0.1) is 12.8 Å². The van der Waals surface area contributed by atoms with Crippen molar-refractivity contribution in [2.24, 2.45) is 5.92 Å². The molecule has 0 bridgehead atoms. The monoisotopic (exact) mass is 599 g/mol. The van der Waals surface area contributed by atoms with E-state index in [1.165, 1.54) is 0 Å². The van der Waals surface area contributed by atoms with Gasteiger partial charge in [-0.1, -0.05) is 80.9 Å². The van der Waals surface area contributed by atoms with Gasteiger partial charge in [0.25, 0.3) is 0 Å². The summed E-state index contributed by atoms with van der Waals surface area (Å²) < 4.78 is 29.6. The maximum Gasteiger partial charge on any atom is 0.324 e. The molecule has 4 aromatic rings. The van der Waals surface area contributed by atoms with Crippen LogP contribution in [-0.2, 0) is 21.0 Å². The Kier molecular flexibility index (Phi) is 9.03. The Bertz CT molecular complexity index is 1650. The number of carbonyl (C=O) groups is 1. The van der Waals surface area contributed by atoms with Gasteiger partial charge in [-0.15, -0.1) is 0 Å². The Hall–Kier alpha value is -3.95. The van der Waals surface area contributed by atoms with Crippen LogP contribution in [0.5, 0.6) is 0 Å². The SMILES string of the molecule is Cc1ccc(-n2nc(C(C)(C)C)cc2NC(=O)Nc2cccc(C(C3CCNCC3)S(=O)(=O)Cc3ccccc3)c2)cc1. The quantitative estimate of drug-likeness (QED) is 0.207. The highest BCUT2D eigenvalue weighted by molar-refractivity contribution is 7.90. The fourth-order valence-electron chi connectivity index (χ4n) is 5.61. The second kappa shape index (κ2) is 12.7. The topological polar surface area (TPSA) is 105 Å². The molecule has 2 amide bonds. The van der Waals surface area contributed by atoms with E-state index in [2.05, 4.69) is 36.7 Å². The van der Waals surface area contributed by atoms with Gasteiger partial charge in [0.1, 0.15) is 5.82 Å². The van der Waals surface area contributed by atoms with E-state index in [9.17, 15) is 13.2 Å². The van der Waals surface area contributed by atoms with Crippen LogP contribution < -0.4 is 16.0 Å². The highest BCUT2D eigenvalue weighted by Crippen LogP contribution is 2.38. The van der Waals surface area contributed by atoms with E-state index >= 15 is 0 Å². The van der Waals surface area contributed by atoms with E-state index in [0.717, 1.165) is 48.4 Å². The van der Waals surface area contributed by atoms with Crippen LogP contribution in [-0.4, -0.2) is 37.3 Å². The van der Waals surface area contributed by atoms with Crippen LogP contribution in [0.25, 0.3) is 5.69 Å². The molecule has 0 aliphatic carbocycles. The predicted molar refractivity (Wildman–Crippen MR) is 173 cm³/mol. The minimum absolute atomic E-state index is 0.0151. The molecule has 0 saturated carbocycles. The van der Waals surface area contributed by atoms with Gasteiger partial charge in [0, 0.05) is 17.2 Å². The van der Waals surface area contributed by atoms with Crippen molar-refractivity contribution in [1.82, 2.24) is 15.1 Å². The van der Waals surface area contributed by atoms with E-state index in [-0.39, 0.29) is 17.1 Å². The van der Waals surface area contributed by atoms with Crippen LogP contribution in [0.15, 0.2) is 84.9 Å². The molecule has 5 rings (SSSR count). The standard InChI is InChI=1S/C34H41N5O3S/c1-24-13-15-29(16-14-24)39-31(22-30(38-39)34(2,3)4)37-33(40)36-28-12-8-11-27(21-28)32(26-17-19-35-20-18-26)43(41,42)23-25-9-6-5-7-10-25/h5-16,21-22,26,32,35H,17-20,23H2,1-4H3,(H2,36,37,40). The van der Waals surface area contributed by atoms with E-state index < -0.39 is 21.1 Å². The zero-order valence-electron chi connectivity index (χ0n) is 25.3. The van der Waals surface area contributed by atoms with Gasteiger partial charge in [0.2, 0.25) is 0 Å². The molecule has 1 aliphatic heterocycles. The fourth-order valence-corrected chi connectivity index (χ4v) is 7.86. The lowest BCUT2D eigenvalue weighted by Crippen LogP contribution is -2.34. The van der Waals surface area contributed by atoms with Crippen molar-refractivity contribution in [2.75, 3.05) is 23.7 Å². The van der Waals surface area contributed by atoms with E-state index in [1.807, 2.05) is 79.7 Å².